The normalized spacial score (nSPS) is 10.1. The molecule has 0 unspecified atom stereocenters. The highest BCUT2D eigenvalue weighted by Crippen LogP contribution is 2.17. The maximum atomic E-state index is 13.0. The number of rotatable bonds is 4. The summed E-state index contributed by atoms with van der Waals surface area (Å²) in [4.78, 5) is 11.7. The lowest BCUT2D eigenvalue weighted by molar-refractivity contribution is -0.118. The molecular weight excluding hydrogens is 374 g/mol. The first-order chi connectivity index (χ1) is 9.54. The number of nitrogens with one attached hydrogen (secondary N) is 1. The molecule has 0 spiro atoms. The van der Waals surface area contributed by atoms with Crippen molar-refractivity contribution in [2.75, 3.05) is 17.7 Å². The molecule has 0 aliphatic carbocycles. The summed E-state index contributed by atoms with van der Waals surface area (Å²) in [6, 6.07) is 11.3. The summed E-state index contributed by atoms with van der Waals surface area (Å²) in [6.07, 6.45) is 0. The van der Waals surface area contributed by atoms with E-state index in [0.717, 1.165) is 3.57 Å². The number of carbonyl (C=O) groups is 1. The zero-order valence-corrected chi connectivity index (χ0v) is 12.6. The zero-order chi connectivity index (χ0) is 14.5. The maximum Gasteiger partial charge on any atom is 0.262 e. The Hall–Kier alpha value is -1.83. The minimum absolute atomic E-state index is 0.0126. The highest BCUT2D eigenvalue weighted by Gasteiger charge is 2.05. The summed E-state index contributed by atoms with van der Waals surface area (Å²) < 4.78 is 19.4. The molecule has 0 aliphatic heterocycles. The smallest absolute Gasteiger partial charge is 0.262 e. The van der Waals surface area contributed by atoms with Crippen LogP contribution < -0.4 is 15.8 Å². The monoisotopic (exact) mass is 386 g/mol. The van der Waals surface area contributed by atoms with Gasteiger partial charge in [-0.1, -0.05) is 0 Å². The second-order valence-electron chi connectivity index (χ2n) is 4.03. The van der Waals surface area contributed by atoms with Crippen LogP contribution in [-0.4, -0.2) is 12.5 Å². The lowest BCUT2D eigenvalue weighted by atomic mass is 10.2. The number of hydrogen-bond acceptors (Lipinski definition) is 3. The van der Waals surface area contributed by atoms with Gasteiger partial charge in [-0.25, -0.2) is 4.39 Å². The Morgan fingerprint density at radius 2 is 1.95 bits per heavy atom. The van der Waals surface area contributed by atoms with Crippen LogP contribution in [0.2, 0.25) is 0 Å². The molecule has 0 saturated carbocycles. The molecule has 6 heteroatoms. The third-order valence-corrected chi connectivity index (χ3v) is 3.18. The topological polar surface area (TPSA) is 64.3 Å². The van der Waals surface area contributed by atoms with Gasteiger partial charge < -0.3 is 15.8 Å². The van der Waals surface area contributed by atoms with Crippen LogP contribution in [-0.2, 0) is 4.79 Å². The Labute approximate surface area is 129 Å². The number of nitrogen functional groups attached to an aromatic ring is 1. The van der Waals surface area contributed by atoms with Crippen LogP contribution in [0.4, 0.5) is 15.8 Å². The molecular formula is C14H12FIN2O2. The van der Waals surface area contributed by atoms with Crippen LogP contribution in [0.5, 0.6) is 5.75 Å². The van der Waals surface area contributed by atoms with Crippen LogP contribution in [0.25, 0.3) is 0 Å². The average molecular weight is 386 g/mol. The van der Waals surface area contributed by atoms with Gasteiger partial charge in [0, 0.05) is 9.26 Å². The van der Waals surface area contributed by atoms with Gasteiger partial charge in [-0.2, -0.15) is 0 Å². The molecule has 104 valence electrons. The molecule has 2 aromatic carbocycles. The van der Waals surface area contributed by atoms with Crippen molar-refractivity contribution in [3.8, 4) is 5.75 Å². The van der Waals surface area contributed by atoms with E-state index in [9.17, 15) is 9.18 Å². The number of amides is 1. The van der Waals surface area contributed by atoms with Crippen molar-refractivity contribution in [3.63, 3.8) is 0 Å². The van der Waals surface area contributed by atoms with Crippen molar-refractivity contribution in [2.45, 2.75) is 0 Å². The SMILES string of the molecule is Nc1cc(NC(=O)COc2ccc(I)cc2)ccc1F. The maximum absolute atomic E-state index is 13.0. The molecule has 2 rings (SSSR count). The van der Waals surface area contributed by atoms with E-state index in [-0.39, 0.29) is 18.2 Å². The molecule has 1 amide bonds. The minimum Gasteiger partial charge on any atom is -0.484 e. The van der Waals surface area contributed by atoms with Crippen molar-refractivity contribution in [2.24, 2.45) is 0 Å². The van der Waals surface area contributed by atoms with E-state index in [1.807, 2.05) is 12.1 Å². The summed E-state index contributed by atoms with van der Waals surface area (Å²) in [5.41, 5.74) is 5.84. The highest BCUT2D eigenvalue weighted by molar-refractivity contribution is 14.1. The number of anilines is 2. The summed E-state index contributed by atoms with van der Waals surface area (Å²) >= 11 is 2.18. The largest absolute Gasteiger partial charge is 0.484 e. The molecule has 0 heterocycles. The molecule has 0 aromatic heterocycles. The Kier molecular flexibility index (Phi) is 4.78. The second kappa shape index (κ2) is 6.56. The highest BCUT2D eigenvalue weighted by atomic mass is 127. The summed E-state index contributed by atoms with van der Waals surface area (Å²) in [6.45, 7) is -0.127. The first-order valence-electron chi connectivity index (χ1n) is 5.78. The van der Waals surface area contributed by atoms with Gasteiger partial charge in [0.15, 0.2) is 6.61 Å². The van der Waals surface area contributed by atoms with E-state index in [4.69, 9.17) is 10.5 Å². The molecule has 20 heavy (non-hydrogen) atoms. The lowest BCUT2D eigenvalue weighted by Crippen LogP contribution is -2.20. The third-order valence-electron chi connectivity index (χ3n) is 2.46. The molecule has 2 aromatic rings. The number of nitrogens with two attached hydrogens (primary N) is 1. The van der Waals surface area contributed by atoms with Gasteiger partial charge >= 0.3 is 0 Å². The van der Waals surface area contributed by atoms with Gasteiger partial charge in [-0.3, -0.25) is 4.79 Å². The van der Waals surface area contributed by atoms with E-state index in [1.165, 1.54) is 18.2 Å². The Morgan fingerprint density at radius 1 is 1.25 bits per heavy atom. The van der Waals surface area contributed by atoms with Crippen molar-refractivity contribution in [1.29, 1.82) is 0 Å². The van der Waals surface area contributed by atoms with Gasteiger partial charge in [0.25, 0.3) is 5.91 Å². The molecule has 0 atom stereocenters. The number of benzene rings is 2. The number of ether oxygens (including phenoxy) is 1. The molecule has 0 radical (unpaired) electrons. The third kappa shape index (κ3) is 4.09. The fraction of sp³-hybridized carbons (Fsp3) is 0.0714. The van der Waals surface area contributed by atoms with Gasteiger partial charge in [0.05, 0.1) is 5.69 Å². The van der Waals surface area contributed by atoms with E-state index < -0.39 is 5.82 Å². The summed E-state index contributed by atoms with van der Waals surface area (Å²) in [5, 5.41) is 2.58. The molecule has 0 aliphatic rings. The van der Waals surface area contributed by atoms with Gasteiger partial charge in [-0.05, 0) is 65.1 Å². The molecule has 0 saturated heterocycles. The predicted molar refractivity (Wildman–Crippen MR) is 84.1 cm³/mol. The fourth-order valence-corrected chi connectivity index (χ4v) is 1.86. The lowest BCUT2D eigenvalue weighted by Gasteiger charge is -2.08. The van der Waals surface area contributed by atoms with Crippen molar-refractivity contribution < 1.29 is 13.9 Å². The average Bonchev–Trinajstić information content (AvgIpc) is 2.42. The summed E-state index contributed by atoms with van der Waals surface area (Å²) in [7, 11) is 0. The van der Waals surface area contributed by atoms with Crippen LogP contribution in [0, 0.1) is 9.39 Å². The van der Waals surface area contributed by atoms with Crippen molar-refractivity contribution in [1.82, 2.24) is 0 Å². The molecule has 4 nitrogen and oxygen atoms in total. The Bertz CT molecular complexity index is 617. The van der Waals surface area contributed by atoms with E-state index in [1.54, 1.807) is 12.1 Å². The van der Waals surface area contributed by atoms with Crippen molar-refractivity contribution >= 4 is 39.9 Å². The van der Waals surface area contributed by atoms with Crippen LogP contribution in [0.3, 0.4) is 0 Å². The standard InChI is InChI=1S/C14H12FIN2O2/c15-12-6-3-10(7-13(12)17)18-14(19)8-20-11-4-1-9(16)2-5-11/h1-7H,8,17H2,(H,18,19). The molecule has 0 fully saturated rings. The summed E-state index contributed by atoms with van der Waals surface area (Å²) in [5.74, 6) is -0.244. The van der Waals surface area contributed by atoms with E-state index in [0.29, 0.717) is 11.4 Å². The van der Waals surface area contributed by atoms with Gasteiger partial charge in [-0.15, -0.1) is 0 Å². The number of hydrogen-bond donors (Lipinski definition) is 2. The Morgan fingerprint density at radius 3 is 2.60 bits per heavy atom. The molecule has 0 bridgehead atoms. The first kappa shape index (κ1) is 14.6. The van der Waals surface area contributed by atoms with Gasteiger partial charge in [0.1, 0.15) is 11.6 Å². The quantitative estimate of drug-likeness (QED) is 0.627. The van der Waals surface area contributed by atoms with Crippen molar-refractivity contribution in [3.05, 3.63) is 51.9 Å². The van der Waals surface area contributed by atoms with Crippen LogP contribution in [0.15, 0.2) is 42.5 Å². The number of carbonyl (C=O) groups excluding carboxylic acids is 1. The van der Waals surface area contributed by atoms with Gasteiger partial charge in [0.2, 0.25) is 0 Å². The predicted octanol–water partition coefficient (Wildman–Crippen LogP) is 3.03. The fourth-order valence-electron chi connectivity index (χ4n) is 1.50. The number of halogens is 2. The Balaban J connectivity index is 1.89. The van der Waals surface area contributed by atoms with Crippen LogP contribution >= 0.6 is 22.6 Å². The van der Waals surface area contributed by atoms with E-state index >= 15 is 0 Å². The minimum atomic E-state index is -0.516. The van der Waals surface area contributed by atoms with E-state index in [2.05, 4.69) is 27.9 Å². The first-order valence-corrected chi connectivity index (χ1v) is 6.86. The molecule has 3 N–H and O–H groups in total. The zero-order valence-electron chi connectivity index (χ0n) is 10.4. The van der Waals surface area contributed by atoms with Crippen LogP contribution in [0.1, 0.15) is 0 Å². The second-order valence-corrected chi connectivity index (χ2v) is 5.27.